The maximum atomic E-state index is 13.6. The van der Waals surface area contributed by atoms with Gasteiger partial charge in [-0.2, -0.15) is 5.26 Å². The van der Waals surface area contributed by atoms with Gasteiger partial charge in [-0.25, -0.2) is 8.78 Å². The number of nitrogens with one attached hydrogen (secondary N) is 1. The zero-order chi connectivity index (χ0) is 15.1. The van der Waals surface area contributed by atoms with Crippen molar-refractivity contribution in [2.45, 2.75) is 12.5 Å². The Morgan fingerprint density at radius 2 is 2.10 bits per heavy atom. The van der Waals surface area contributed by atoms with Crippen molar-refractivity contribution >= 4 is 0 Å². The number of morpholine rings is 1. The van der Waals surface area contributed by atoms with E-state index in [1.165, 1.54) is 6.07 Å². The molecule has 1 N–H and O–H groups in total. The predicted octanol–water partition coefficient (Wildman–Crippen LogP) is 1.84. The van der Waals surface area contributed by atoms with E-state index in [2.05, 4.69) is 10.2 Å². The van der Waals surface area contributed by atoms with Crippen LogP contribution in [0.3, 0.4) is 0 Å². The van der Waals surface area contributed by atoms with Crippen LogP contribution in [0, 0.1) is 23.0 Å². The Morgan fingerprint density at radius 1 is 1.33 bits per heavy atom. The molecule has 1 fully saturated rings. The summed E-state index contributed by atoms with van der Waals surface area (Å²) in [6.45, 7) is 4.89. The molecule has 1 unspecified atom stereocenters. The fourth-order valence-electron chi connectivity index (χ4n) is 2.33. The summed E-state index contributed by atoms with van der Waals surface area (Å²) < 4.78 is 31.8. The average Bonchev–Trinajstić information content (AvgIpc) is 2.49. The third kappa shape index (κ3) is 4.74. The molecule has 1 aliphatic heterocycles. The van der Waals surface area contributed by atoms with Crippen molar-refractivity contribution in [3.05, 3.63) is 35.4 Å². The van der Waals surface area contributed by atoms with Crippen LogP contribution in [0.25, 0.3) is 0 Å². The summed E-state index contributed by atoms with van der Waals surface area (Å²) >= 11 is 0. The molecule has 0 spiro atoms. The molecular weight excluding hydrogens is 276 g/mol. The number of hydrogen-bond acceptors (Lipinski definition) is 4. The Kier molecular flexibility index (Phi) is 6.05. The van der Waals surface area contributed by atoms with Crippen LogP contribution in [-0.4, -0.2) is 44.3 Å². The molecule has 0 amide bonds. The summed E-state index contributed by atoms with van der Waals surface area (Å²) in [7, 11) is 0. The van der Waals surface area contributed by atoms with E-state index in [0.717, 1.165) is 51.4 Å². The lowest BCUT2D eigenvalue weighted by Gasteiger charge is -2.26. The molecule has 0 radical (unpaired) electrons. The highest BCUT2D eigenvalue weighted by atomic mass is 19.1. The summed E-state index contributed by atoms with van der Waals surface area (Å²) in [5.41, 5.74) is 0.185. The Balaban J connectivity index is 1.78. The Morgan fingerprint density at radius 3 is 2.76 bits per heavy atom. The van der Waals surface area contributed by atoms with Crippen molar-refractivity contribution in [3.63, 3.8) is 0 Å². The minimum Gasteiger partial charge on any atom is -0.379 e. The van der Waals surface area contributed by atoms with Gasteiger partial charge in [-0.15, -0.1) is 0 Å². The average molecular weight is 295 g/mol. The van der Waals surface area contributed by atoms with Crippen LogP contribution in [0.5, 0.6) is 0 Å². The monoisotopic (exact) mass is 295 g/mol. The van der Waals surface area contributed by atoms with Gasteiger partial charge >= 0.3 is 0 Å². The first-order chi connectivity index (χ1) is 10.2. The van der Waals surface area contributed by atoms with E-state index >= 15 is 0 Å². The van der Waals surface area contributed by atoms with Gasteiger partial charge in [0.05, 0.1) is 19.3 Å². The lowest BCUT2D eigenvalue weighted by molar-refractivity contribution is 0.0374. The second-order valence-electron chi connectivity index (χ2n) is 4.99. The summed E-state index contributed by atoms with van der Waals surface area (Å²) in [6, 6.07) is 4.53. The van der Waals surface area contributed by atoms with Crippen LogP contribution in [0.1, 0.15) is 18.0 Å². The van der Waals surface area contributed by atoms with Gasteiger partial charge < -0.3 is 4.74 Å². The Bertz CT molecular complexity index is 498. The normalized spacial score (nSPS) is 17.4. The fourth-order valence-corrected chi connectivity index (χ4v) is 2.33. The molecule has 114 valence electrons. The van der Waals surface area contributed by atoms with E-state index in [9.17, 15) is 8.78 Å². The number of hydrogen-bond donors (Lipinski definition) is 1. The third-order valence-corrected chi connectivity index (χ3v) is 3.51. The summed E-state index contributed by atoms with van der Waals surface area (Å²) in [6.07, 6.45) is 0.862. The highest BCUT2D eigenvalue weighted by Gasteiger charge is 2.15. The minimum absolute atomic E-state index is 0.185. The van der Waals surface area contributed by atoms with E-state index in [0.29, 0.717) is 6.54 Å². The maximum absolute atomic E-state index is 13.6. The molecule has 0 aliphatic carbocycles. The number of nitrogens with zero attached hydrogens (tertiary/aromatic N) is 2. The molecule has 1 saturated heterocycles. The van der Waals surface area contributed by atoms with Crippen LogP contribution in [0.15, 0.2) is 18.2 Å². The number of nitriles is 1. The molecule has 1 aromatic rings. The van der Waals surface area contributed by atoms with Gasteiger partial charge in [-0.1, -0.05) is 6.07 Å². The van der Waals surface area contributed by atoms with Crippen molar-refractivity contribution in [2.24, 2.45) is 0 Å². The molecular formula is C15H19F2N3O. The quantitative estimate of drug-likeness (QED) is 0.814. The molecule has 4 nitrogen and oxygen atoms in total. The van der Waals surface area contributed by atoms with E-state index in [-0.39, 0.29) is 5.56 Å². The van der Waals surface area contributed by atoms with Gasteiger partial charge in [0.1, 0.15) is 17.7 Å². The zero-order valence-corrected chi connectivity index (χ0v) is 11.8. The molecule has 21 heavy (non-hydrogen) atoms. The SMILES string of the molecule is N#CC(NCCCN1CCOCC1)c1ccc(F)cc1F. The fraction of sp³-hybridized carbons (Fsp3) is 0.533. The third-order valence-electron chi connectivity index (χ3n) is 3.51. The maximum Gasteiger partial charge on any atom is 0.131 e. The van der Waals surface area contributed by atoms with E-state index < -0.39 is 17.7 Å². The van der Waals surface area contributed by atoms with Crippen molar-refractivity contribution in [2.75, 3.05) is 39.4 Å². The van der Waals surface area contributed by atoms with Crippen molar-refractivity contribution in [1.29, 1.82) is 5.26 Å². The summed E-state index contributed by atoms with van der Waals surface area (Å²) in [5.74, 6) is -1.33. The lowest BCUT2D eigenvalue weighted by Crippen LogP contribution is -2.38. The van der Waals surface area contributed by atoms with Crippen molar-refractivity contribution < 1.29 is 13.5 Å². The van der Waals surface area contributed by atoms with Gasteiger partial charge in [-0.05, 0) is 25.6 Å². The van der Waals surface area contributed by atoms with Gasteiger partial charge in [0.2, 0.25) is 0 Å². The largest absolute Gasteiger partial charge is 0.379 e. The molecule has 1 heterocycles. The molecule has 2 rings (SSSR count). The van der Waals surface area contributed by atoms with Crippen molar-refractivity contribution in [3.8, 4) is 6.07 Å². The van der Waals surface area contributed by atoms with Crippen LogP contribution in [0.2, 0.25) is 0 Å². The zero-order valence-electron chi connectivity index (χ0n) is 11.8. The number of benzene rings is 1. The van der Waals surface area contributed by atoms with Gasteiger partial charge in [0, 0.05) is 24.7 Å². The van der Waals surface area contributed by atoms with E-state index in [4.69, 9.17) is 10.00 Å². The van der Waals surface area contributed by atoms with E-state index in [1.54, 1.807) is 0 Å². The van der Waals surface area contributed by atoms with Crippen LogP contribution in [0.4, 0.5) is 8.78 Å². The van der Waals surface area contributed by atoms with Gasteiger partial charge in [0.15, 0.2) is 0 Å². The predicted molar refractivity (Wildman–Crippen MR) is 74.6 cm³/mol. The molecule has 1 aliphatic rings. The van der Waals surface area contributed by atoms with Crippen LogP contribution < -0.4 is 5.32 Å². The smallest absolute Gasteiger partial charge is 0.131 e. The standard InChI is InChI=1S/C15H19F2N3O/c16-12-2-3-13(14(17)10-12)15(11-18)19-4-1-5-20-6-8-21-9-7-20/h2-3,10,15,19H,1,4-9H2. The first kappa shape index (κ1) is 15.8. The van der Waals surface area contributed by atoms with Crippen molar-refractivity contribution in [1.82, 2.24) is 10.2 Å². The molecule has 6 heteroatoms. The summed E-state index contributed by atoms with van der Waals surface area (Å²) in [4.78, 5) is 2.30. The number of rotatable bonds is 6. The second-order valence-corrected chi connectivity index (χ2v) is 4.99. The first-order valence-corrected chi connectivity index (χ1v) is 7.09. The number of halogens is 2. The van der Waals surface area contributed by atoms with E-state index in [1.807, 2.05) is 6.07 Å². The van der Waals surface area contributed by atoms with Crippen LogP contribution >= 0.6 is 0 Å². The second kappa shape index (κ2) is 8.03. The first-order valence-electron chi connectivity index (χ1n) is 7.09. The Hall–Kier alpha value is -1.55. The number of ether oxygens (including phenoxy) is 1. The molecule has 1 atom stereocenters. The van der Waals surface area contributed by atoms with Crippen LogP contribution in [-0.2, 0) is 4.74 Å². The lowest BCUT2D eigenvalue weighted by atomic mass is 10.1. The topological polar surface area (TPSA) is 48.3 Å². The molecule has 0 saturated carbocycles. The highest BCUT2D eigenvalue weighted by Crippen LogP contribution is 2.17. The van der Waals surface area contributed by atoms with Gasteiger partial charge in [-0.3, -0.25) is 10.2 Å². The molecule has 0 bridgehead atoms. The Labute approximate surface area is 123 Å². The summed E-state index contributed by atoms with van der Waals surface area (Å²) in [5, 5.41) is 12.1. The molecule has 0 aromatic heterocycles. The molecule has 1 aromatic carbocycles. The minimum atomic E-state index is -0.754. The van der Waals surface area contributed by atoms with Gasteiger partial charge in [0.25, 0.3) is 0 Å². The highest BCUT2D eigenvalue weighted by molar-refractivity contribution is 5.26.